The lowest BCUT2D eigenvalue weighted by Gasteiger charge is -2.30. The van der Waals surface area contributed by atoms with Crippen molar-refractivity contribution in [3.63, 3.8) is 0 Å². The number of aromatic amines is 1. The first-order chi connectivity index (χ1) is 28.2. The minimum atomic E-state index is -1.51. The van der Waals surface area contributed by atoms with Gasteiger partial charge in [-0.15, -0.1) is 0 Å². The number of aliphatic hydroxyl groups excluding tert-OH is 1. The summed E-state index contributed by atoms with van der Waals surface area (Å²) in [6.07, 6.45) is 0.328. The first-order valence-corrected chi connectivity index (χ1v) is 20.1. The number of carboxylic acid groups (broad SMARTS) is 2. The van der Waals surface area contributed by atoms with Crippen molar-refractivity contribution in [2.75, 3.05) is 6.54 Å². The zero-order valence-corrected chi connectivity index (χ0v) is 35.1. The second-order valence-corrected chi connectivity index (χ2v) is 15.7. The molecule has 60 heavy (non-hydrogen) atoms. The third kappa shape index (κ3) is 16.2. The standard InChI is InChI=1S/C40H63N9O11/c1-20(2)32(38(57)45-28(40(59)60)13-9-10-16-41)49-37(56)29(17-22(5)50)47-39(58)33(21(3)4)48-35(54)27(14-15-31(51)52)44-36(55)30(46-34(53)23(6)42)18-24-19-43-26-12-8-7-11-25(24)26/h7-8,11-12,19-23,27-30,32-33,43,50H,9-10,13-18,41-42H2,1-6H3,(H,44,55)(H,45,57)(H,46,53)(H,47,58)(H,48,54)(H,49,56)(H,51,52)(H,59,60)/t22-,23+,27+,28+,29+,30+,32+,33+/m1/s1. The Morgan fingerprint density at radius 3 is 1.68 bits per heavy atom. The van der Waals surface area contributed by atoms with Crippen LogP contribution in [0.5, 0.6) is 0 Å². The highest BCUT2D eigenvalue weighted by molar-refractivity contribution is 5.97. The van der Waals surface area contributed by atoms with Gasteiger partial charge in [0.1, 0.15) is 36.3 Å². The molecule has 0 aliphatic rings. The molecule has 20 nitrogen and oxygen atoms in total. The molecule has 1 aromatic carbocycles. The second-order valence-electron chi connectivity index (χ2n) is 15.7. The van der Waals surface area contributed by atoms with Crippen LogP contribution in [0.4, 0.5) is 0 Å². The van der Waals surface area contributed by atoms with Crippen LogP contribution in [-0.2, 0) is 44.8 Å². The lowest BCUT2D eigenvalue weighted by Crippen LogP contribution is -2.61. The maximum Gasteiger partial charge on any atom is 0.326 e. The third-order valence-electron chi connectivity index (χ3n) is 9.69. The molecule has 0 saturated heterocycles. The Balaban J connectivity index is 2.32. The number of nitrogens with two attached hydrogens (primary N) is 2. The summed E-state index contributed by atoms with van der Waals surface area (Å²) in [5.41, 5.74) is 12.7. The van der Waals surface area contributed by atoms with Crippen LogP contribution in [0.25, 0.3) is 10.9 Å². The van der Waals surface area contributed by atoms with Gasteiger partial charge in [0.25, 0.3) is 0 Å². The molecule has 0 bridgehead atoms. The van der Waals surface area contributed by atoms with Crippen molar-refractivity contribution < 1.29 is 53.7 Å². The van der Waals surface area contributed by atoms with Gasteiger partial charge in [0.2, 0.25) is 35.4 Å². The summed E-state index contributed by atoms with van der Waals surface area (Å²) in [6, 6.07) is -1.76. The number of hydrogen-bond acceptors (Lipinski definition) is 11. The van der Waals surface area contributed by atoms with E-state index >= 15 is 0 Å². The number of carbonyl (C=O) groups is 8. The van der Waals surface area contributed by atoms with Crippen LogP contribution in [0, 0.1) is 11.8 Å². The van der Waals surface area contributed by atoms with E-state index in [-0.39, 0.29) is 19.3 Å². The Morgan fingerprint density at radius 2 is 1.17 bits per heavy atom. The third-order valence-corrected chi connectivity index (χ3v) is 9.69. The molecule has 20 heteroatoms. The number of hydrogen-bond donors (Lipinski definition) is 12. The monoisotopic (exact) mass is 845 g/mol. The first-order valence-electron chi connectivity index (χ1n) is 20.1. The van der Waals surface area contributed by atoms with Crippen molar-refractivity contribution in [3.05, 3.63) is 36.0 Å². The van der Waals surface area contributed by atoms with Crippen LogP contribution in [-0.4, -0.2) is 123 Å². The lowest BCUT2D eigenvalue weighted by atomic mass is 9.99. The molecule has 0 aliphatic heterocycles. The molecule has 2 rings (SSSR count). The number of amides is 6. The van der Waals surface area contributed by atoms with E-state index in [0.717, 1.165) is 10.9 Å². The molecular formula is C40H63N9O11. The molecule has 8 atom stereocenters. The quantitative estimate of drug-likeness (QED) is 0.0513. The number of aliphatic hydroxyl groups is 1. The van der Waals surface area contributed by atoms with Gasteiger partial charge in [0.05, 0.1) is 12.1 Å². The van der Waals surface area contributed by atoms with Crippen molar-refractivity contribution in [2.24, 2.45) is 23.3 Å². The Labute approximate surface area is 349 Å². The first kappa shape index (κ1) is 50.5. The van der Waals surface area contributed by atoms with Crippen molar-refractivity contribution >= 4 is 58.3 Å². The highest BCUT2D eigenvalue weighted by Gasteiger charge is 2.36. The number of benzene rings is 1. The van der Waals surface area contributed by atoms with Crippen molar-refractivity contribution in [1.82, 2.24) is 36.9 Å². The second kappa shape index (κ2) is 24.5. The van der Waals surface area contributed by atoms with E-state index in [2.05, 4.69) is 36.9 Å². The number of fused-ring (bicyclic) bond motifs is 1. The fourth-order valence-corrected chi connectivity index (χ4v) is 6.27. The number of carboxylic acids is 2. The maximum absolute atomic E-state index is 13.8. The maximum atomic E-state index is 13.8. The molecule has 0 unspecified atom stereocenters. The van der Waals surface area contributed by atoms with Gasteiger partial charge in [0.15, 0.2) is 0 Å². The molecule has 1 heterocycles. The smallest absolute Gasteiger partial charge is 0.326 e. The molecule has 6 amide bonds. The fourth-order valence-electron chi connectivity index (χ4n) is 6.27. The minimum Gasteiger partial charge on any atom is -0.481 e. The van der Waals surface area contributed by atoms with E-state index in [1.165, 1.54) is 13.8 Å². The Bertz CT molecular complexity index is 1800. The predicted molar refractivity (Wildman–Crippen MR) is 221 cm³/mol. The number of para-hydroxylation sites is 1. The number of unbranched alkanes of at least 4 members (excludes halogenated alkanes) is 1. The zero-order valence-electron chi connectivity index (χ0n) is 35.1. The van der Waals surface area contributed by atoms with E-state index in [1.54, 1.807) is 40.0 Å². The molecule has 0 radical (unpaired) electrons. The normalized spacial score (nSPS) is 15.4. The number of nitrogens with one attached hydrogen (secondary N) is 7. The van der Waals surface area contributed by atoms with Crippen LogP contribution >= 0.6 is 0 Å². The van der Waals surface area contributed by atoms with E-state index in [4.69, 9.17) is 11.5 Å². The Hall–Kier alpha value is -5.60. The number of carbonyl (C=O) groups excluding carboxylic acids is 6. The minimum absolute atomic E-state index is 0.0282. The summed E-state index contributed by atoms with van der Waals surface area (Å²) in [7, 11) is 0. The van der Waals surface area contributed by atoms with Crippen molar-refractivity contribution in [1.29, 1.82) is 0 Å². The highest BCUT2D eigenvalue weighted by atomic mass is 16.4. The van der Waals surface area contributed by atoms with Crippen LogP contribution in [0.15, 0.2) is 30.5 Å². The number of H-pyrrole nitrogens is 1. The Morgan fingerprint density at radius 1 is 0.650 bits per heavy atom. The molecule has 2 aromatic rings. The van der Waals surface area contributed by atoms with Gasteiger partial charge in [-0.1, -0.05) is 45.9 Å². The summed E-state index contributed by atoms with van der Waals surface area (Å²) < 4.78 is 0. The molecule has 0 fully saturated rings. The average molecular weight is 846 g/mol. The van der Waals surface area contributed by atoms with Gasteiger partial charge in [-0.05, 0) is 69.5 Å². The van der Waals surface area contributed by atoms with E-state index in [1.807, 2.05) is 18.2 Å². The highest BCUT2D eigenvalue weighted by Crippen LogP contribution is 2.20. The van der Waals surface area contributed by atoms with Crippen LogP contribution in [0.1, 0.15) is 85.6 Å². The van der Waals surface area contributed by atoms with Crippen LogP contribution in [0.3, 0.4) is 0 Å². The number of aliphatic carboxylic acids is 2. The molecular weight excluding hydrogens is 782 g/mol. The van der Waals surface area contributed by atoms with Gasteiger partial charge < -0.3 is 63.7 Å². The lowest BCUT2D eigenvalue weighted by molar-refractivity contribution is -0.143. The zero-order chi connectivity index (χ0) is 45.3. The molecule has 0 aliphatic carbocycles. The van der Waals surface area contributed by atoms with Crippen molar-refractivity contribution in [3.8, 4) is 0 Å². The fraction of sp³-hybridized carbons (Fsp3) is 0.600. The van der Waals surface area contributed by atoms with Gasteiger partial charge in [-0.2, -0.15) is 0 Å². The topological polar surface area (TPSA) is 337 Å². The molecule has 334 valence electrons. The Kier molecular flexibility index (Phi) is 20.6. The number of aromatic nitrogens is 1. The predicted octanol–water partition coefficient (Wildman–Crippen LogP) is -0.872. The average Bonchev–Trinajstić information content (AvgIpc) is 3.57. The van der Waals surface area contributed by atoms with Crippen LogP contribution in [0.2, 0.25) is 0 Å². The van der Waals surface area contributed by atoms with Crippen LogP contribution < -0.4 is 43.4 Å². The van der Waals surface area contributed by atoms with Gasteiger partial charge in [-0.3, -0.25) is 33.6 Å². The largest absolute Gasteiger partial charge is 0.481 e. The van der Waals surface area contributed by atoms with E-state index in [0.29, 0.717) is 24.9 Å². The SMILES string of the molecule is CC(C)[C@H](NC(=O)[C@H](C[C@@H](C)O)NC(=O)[C@@H](NC(=O)[C@H](CCC(=O)O)NC(=O)[C@H](Cc1c[nH]c2ccccc12)NC(=O)[C@H](C)N)C(C)C)C(=O)N[C@@H](CCCCN)C(=O)O. The summed E-state index contributed by atoms with van der Waals surface area (Å²) in [6.45, 7) is 9.56. The summed E-state index contributed by atoms with van der Waals surface area (Å²) in [4.78, 5) is 108. The summed E-state index contributed by atoms with van der Waals surface area (Å²) in [5, 5.41) is 45.3. The van der Waals surface area contributed by atoms with Gasteiger partial charge in [-0.25, -0.2) is 4.79 Å². The number of rotatable bonds is 26. The van der Waals surface area contributed by atoms with Crippen molar-refractivity contribution in [2.45, 2.75) is 135 Å². The van der Waals surface area contributed by atoms with E-state index < -0.39 is 120 Å². The molecule has 1 aromatic heterocycles. The molecule has 0 saturated carbocycles. The van der Waals surface area contributed by atoms with Gasteiger partial charge in [0, 0.05) is 36.4 Å². The summed E-state index contributed by atoms with van der Waals surface area (Å²) in [5.74, 6) is -8.65. The summed E-state index contributed by atoms with van der Waals surface area (Å²) >= 11 is 0. The van der Waals surface area contributed by atoms with Gasteiger partial charge >= 0.3 is 11.9 Å². The van der Waals surface area contributed by atoms with E-state index in [9.17, 15) is 53.7 Å². The molecule has 14 N–H and O–H groups in total. The molecule has 0 spiro atoms.